The summed E-state index contributed by atoms with van der Waals surface area (Å²) in [6, 6.07) is 12.9. The van der Waals surface area contributed by atoms with Crippen LogP contribution < -0.4 is 9.47 Å². The van der Waals surface area contributed by atoms with Crippen molar-refractivity contribution in [1.82, 2.24) is 15.0 Å². The van der Waals surface area contributed by atoms with Crippen molar-refractivity contribution in [3.8, 4) is 17.2 Å². The second-order valence-electron chi connectivity index (χ2n) is 5.48. The largest absolute Gasteiger partial charge is 0.504 e. The monoisotopic (exact) mass is 349 g/mol. The third-order valence-corrected chi connectivity index (χ3v) is 3.71. The van der Waals surface area contributed by atoms with E-state index >= 15 is 0 Å². The molecule has 0 aliphatic rings. The Kier molecular flexibility index (Phi) is 5.34. The molecule has 1 aromatic heterocycles. The van der Waals surface area contributed by atoms with E-state index < -0.39 is 0 Å². The Bertz CT molecular complexity index is 928. The molecule has 0 aliphatic carbocycles. The molecule has 0 spiro atoms. The maximum absolute atomic E-state index is 9.61. The lowest BCUT2D eigenvalue weighted by Crippen LogP contribution is -1.87. The van der Waals surface area contributed by atoms with Gasteiger partial charge >= 0.3 is 0 Å². The molecule has 2 aromatic carbocycles. The van der Waals surface area contributed by atoms with E-state index in [1.807, 2.05) is 48.7 Å². The highest BCUT2D eigenvalue weighted by Gasteiger charge is 2.01. The smallest absolute Gasteiger partial charge is 0.161 e. The first-order chi connectivity index (χ1) is 12.7. The van der Waals surface area contributed by atoms with Gasteiger partial charge in [0.15, 0.2) is 11.5 Å². The van der Waals surface area contributed by atoms with Crippen LogP contribution in [-0.2, 0) is 0 Å². The second kappa shape index (κ2) is 8.02. The number of ether oxygens (including phenoxy) is 2. The van der Waals surface area contributed by atoms with Crippen LogP contribution in [0.4, 0.5) is 0 Å². The zero-order valence-electron chi connectivity index (χ0n) is 14.5. The normalized spacial score (nSPS) is 11.3. The lowest BCUT2D eigenvalue weighted by molar-refractivity contribution is 0.373. The molecule has 0 bridgehead atoms. The summed E-state index contributed by atoms with van der Waals surface area (Å²) in [5.41, 5.74) is 2.67. The Balaban J connectivity index is 1.68. The number of benzene rings is 2. The summed E-state index contributed by atoms with van der Waals surface area (Å²) in [6.45, 7) is 0. The maximum Gasteiger partial charge on any atom is 0.161 e. The summed E-state index contributed by atoms with van der Waals surface area (Å²) in [4.78, 5) is 0. The van der Waals surface area contributed by atoms with Crippen LogP contribution in [0.3, 0.4) is 0 Å². The second-order valence-corrected chi connectivity index (χ2v) is 5.48. The molecule has 0 radical (unpaired) electrons. The van der Waals surface area contributed by atoms with E-state index in [1.54, 1.807) is 36.2 Å². The number of aromatic nitrogens is 3. The van der Waals surface area contributed by atoms with Crippen LogP contribution in [0.25, 0.3) is 24.4 Å². The van der Waals surface area contributed by atoms with Gasteiger partial charge in [-0.05, 0) is 47.5 Å². The van der Waals surface area contributed by atoms with Gasteiger partial charge in [0.05, 0.1) is 20.4 Å². The van der Waals surface area contributed by atoms with Crippen molar-refractivity contribution in [2.45, 2.75) is 0 Å². The van der Waals surface area contributed by atoms with Crippen LogP contribution in [0.15, 0.2) is 48.7 Å². The molecule has 0 saturated carbocycles. The fraction of sp³-hybridized carbons (Fsp3) is 0.100. The molecule has 1 heterocycles. The van der Waals surface area contributed by atoms with Crippen LogP contribution in [0.5, 0.6) is 17.2 Å². The summed E-state index contributed by atoms with van der Waals surface area (Å²) in [5, 5.41) is 17.8. The first kappa shape index (κ1) is 17.3. The summed E-state index contributed by atoms with van der Waals surface area (Å²) >= 11 is 0. The molecule has 0 unspecified atom stereocenters. The van der Waals surface area contributed by atoms with Gasteiger partial charge in [-0.1, -0.05) is 29.5 Å². The minimum atomic E-state index is 0.108. The number of phenols is 1. The lowest BCUT2D eigenvalue weighted by atomic mass is 10.2. The summed E-state index contributed by atoms with van der Waals surface area (Å²) in [5.74, 6) is 1.36. The number of rotatable bonds is 6. The van der Waals surface area contributed by atoms with Gasteiger partial charge in [-0.25, -0.2) is 4.68 Å². The van der Waals surface area contributed by atoms with Crippen LogP contribution in [-0.4, -0.2) is 34.3 Å². The molecule has 26 heavy (non-hydrogen) atoms. The molecule has 132 valence electrons. The van der Waals surface area contributed by atoms with Crippen molar-refractivity contribution < 1.29 is 14.6 Å². The molecule has 0 amide bonds. The van der Waals surface area contributed by atoms with Crippen molar-refractivity contribution in [3.05, 3.63) is 65.5 Å². The average Bonchev–Trinajstić information content (AvgIpc) is 3.14. The molecule has 3 aromatic rings. The molecule has 6 nitrogen and oxygen atoms in total. The average molecular weight is 349 g/mol. The van der Waals surface area contributed by atoms with Crippen LogP contribution in [0.2, 0.25) is 0 Å². The van der Waals surface area contributed by atoms with E-state index in [0.717, 1.165) is 22.6 Å². The molecular weight excluding hydrogens is 330 g/mol. The highest BCUT2D eigenvalue weighted by atomic mass is 16.5. The van der Waals surface area contributed by atoms with E-state index in [0.29, 0.717) is 5.75 Å². The first-order valence-electron chi connectivity index (χ1n) is 7.97. The summed E-state index contributed by atoms with van der Waals surface area (Å²) < 4.78 is 11.9. The third-order valence-electron chi connectivity index (χ3n) is 3.71. The van der Waals surface area contributed by atoms with E-state index in [4.69, 9.17) is 9.47 Å². The highest BCUT2D eigenvalue weighted by Crippen LogP contribution is 2.26. The van der Waals surface area contributed by atoms with Crippen molar-refractivity contribution in [2.75, 3.05) is 14.2 Å². The topological polar surface area (TPSA) is 69.4 Å². The zero-order valence-corrected chi connectivity index (χ0v) is 14.5. The predicted molar refractivity (Wildman–Crippen MR) is 102 cm³/mol. The Labute approximate surface area is 151 Å². The highest BCUT2D eigenvalue weighted by molar-refractivity contribution is 5.68. The van der Waals surface area contributed by atoms with Crippen molar-refractivity contribution in [2.24, 2.45) is 0 Å². The minimum Gasteiger partial charge on any atom is -0.504 e. The van der Waals surface area contributed by atoms with E-state index in [1.165, 1.54) is 7.11 Å². The fourth-order valence-electron chi connectivity index (χ4n) is 2.30. The van der Waals surface area contributed by atoms with Gasteiger partial charge < -0.3 is 14.6 Å². The standard InChI is InChI=1S/C20H19N3O3/c1-25-18-8-4-15(5-9-18)3-7-17-14-23(22-21-17)12-11-16-6-10-19(24)20(13-16)26-2/h3-14,24H,1-2H3/b7-3+,12-11+. The van der Waals surface area contributed by atoms with Gasteiger partial charge in [-0.2, -0.15) is 0 Å². The first-order valence-corrected chi connectivity index (χ1v) is 7.97. The van der Waals surface area contributed by atoms with Gasteiger partial charge in [-0.3, -0.25) is 0 Å². The van der Waals surface area contributed by atoms with Crippen LogP contribution in [0, 0.1) is 0 Å². The Morgan fingerprint density at radius 1 is 0.923 bits per heavy atom. The fourth-order valence-corrected chi connectivity index (χ4v) is 2.30. The Morgan fingerprint density at radius 3 is 2.42 bits per heavy atom. The molecule has 0 saturated heterocycles. The third kappa shape index (κ3) is 4.30. The SMILES string of the molecule is COc1ccc(/C=C/c2cn(/C=C/c3ccc(O)c(OC)c3)nn2)cc1. The Hall–Kier alpha value is -3.54. The molecule has 3 rings (SSSR count). The quantitative estimate of drug-likeness (QED) is 0.733. The molecular formula is C20H19N3O3. The predicted octanol–water partition coefficient (Wildman–Crippen LogP) is 3.80. The number of aromatic hydroxyl groups is 1. The summed E-state index contributed by atoms with van der Waals surface area (Å²) in [6.07, 6.45) is 9.30. The van der Waals surface area contributed by atoms with E-state index in [2.05, 4.69) is 10.3 Å². The van der Waals surface area contributed by atoms with Crippen molar-refractivity contribution in [1.29, 1.82) is 0 Å². The van der Waals surface area contributed by atoms with Crippen LogP contribution in [0.1, 0.15) is 16.8 Å². The number of phenolic OH excluding ortho intramolecular Hbond substituents is 1. The van der Waals surface area contributed by atoms with Crippen molar-refractivity contribution >= 4 is 24.4 Å². The molecule has 1 N–H and O–H groups in total. The van der Waals surface area contributed by atoms with E-state index in [9.17, 15) is 5.11 Å². The molecule has 0 atom stereocenters. The maximum atomic E-state index is 9.61. The number of nitrogens with zero attached hydrogens (tertiary/aromatic N) is 3. The Morgan fingerprint density at radius 2 is 1.69 bits per heavy atom. The van der Waals surface area contributed by atoms with Gasteiger partial charge in [0.1, 0.15) is 11.4 Å². The van der Waals surface area contributed by atoms with Gasteiger partial charge in [0.25, 0.3) is 0 Å². The molecule has 0 aliphatic heterocycles. The van der Waals surface area contributed by atoms with Gasteiger partial charge in [0, 0.05) is 6.20 Å². The molecule has 6 heteroatoms. The molecule has 0 fully saturated rings. The van der Waals surface area contributed by atoms with Crippen LogP contribution >= 0.6 is 0 Å². The van der Waals surface area contributed by atoms with Crippen molar-refractivity contribution in [3.63, 3.8) is 0 Å². The number of hydrogen-bond donors (Lipinski definition) is 1. The van der Waals surface area contributed by atoms with Gasteiger partial charge in [-0.15, -0.1) is 5.10 Å². The van der Waals surface area contributed by atoms with Gasteiger partial charge in [0.2, 0.25) is 0 Å². The zero-order chi connectivity index (χ0) is 18.4. The number of hydrogen-bond acceptors (Lipinski definition) is 5. The van der Waals surface area contributed by atoms with E-state index in [-0.39, 0.29) is 5.75 Å². The number of methoxy groups -OCH3 is 2. The lowest BCUT2D eigenvalue weighted by Gasteiger charge is -2.03. The minimum absolute atomic E-state index is 0.108. The summed E-state index contributed by atoms with van der Waals surface area (Å²) in [7, 11) is 3.16.